The summed E-state index contributed by atoms with van der Waals surface area (Å²) in [4.78, 5) is 0. The average Bonchev–Trinajstić information content (AvgIpc) is 2.31. The Balaban J connectivity index is 2.50. The molecule has 0 heterocycles. The van der Waals surface area contributed by atoms with Gasteiger partial charge in [0.15, 0.2) is 0 Å². The van der Waals surface area contributed by atoms with Gasteiger partial charge < -0.3 is 0 Å². The fraction of sp³-hybridized carbons (Fsp3) is 0.0769. The molecule has 0 atom stereocenters. The lowest BCUT2D eigenvalue weighted by molar-refractivity contribution is 0.625. The maximum Gasteiger partial charge on any atom is 0.131 e. The molecule has 82 valence electrons. The molecule has 16 heavy (non-hydrogen) atoms. The zero-order valence-electron chi connectivity index (χ0n) is 8.38. The van der Waals surface area contributed by atoms with Crippen LogP contribution >= 0.6 is 11.6 Å². The van der Waals surface area contributed by atoms with Crippen LogP contribution in [-0.4, -0.2) is 0 Å². The molecule has 0 amide bonds. The fourth-order valence-electron chi connectivity index (χ4n) is 1.51. The van der Waals surface area contributed by atoms with Crippen molar-refractivity contribution in [3.05, 3.63) is 59.7 Å². The molecule has 3 heteroatoms. The summed E-state index contributed by atoms with van der Waals surface area (Å²) in [5.74, 6) is -0.341. The van der Waals surface area contributed by atoms with Gasteiger partial charge in [-0.2, -0.15) is 0 Å². The lowest BCUT2D eigenvalue weighted by Crippen LogP contribution is -1.87. The molecule has 0 radical (unpaired) electrons. The van der Waals surface area contributed by atoms with Crippen LogP contribution in [0.15, 0.2) is 42.5 Å². The largest absolute Gasteiger partial charge is 0.207 e. The van der Waals surface area contributed by atoms with Crippen LogP contribution in [-0.2, 0) is 5.88 Å². The average molecular weight is 239 g/mol. The van der Waals surface area contributed by atoms with Gasteiger partial charge in [-0.15, -0.1) is 11.6 Å². The summed E-state index contributed by atoms with van der Waals surface area (Å²) >= 11 is 5.68. The molecule has 0 spiro atoms. The molecule has 0 fully saturated rings. The third kappa shape index (κ3) is 2.22. The molecule has 0 bridgehead atoms. The van der Waals surface area contributed by atoms with E-state index in [4.69, 9.17) is 11.6 Å². The van der Waals surface area contributed by atoms with Crippen LogP contribution in [0.1, 0.15) is 5.56 Å². The highest BCUT2D eigenvalue weighted by atomic mass is 35.5. The van der Waals surface area contributed by atoms with E-state index in [2.05, 4.69) is 0 Å². The minimum absolute atomic E-state index is 0.328. The highest BCUT2D eigenvalue weighted by molar-refractivity contribution is 6.17. The van der Waals surface area contributed by atoms with Crippen molar-refractivity contribution in [2.75, 3.05) is 0 Å². The van der Waals surface area contributed by atoms with E-state index in [-0.39, 0.29) is 11.6 Å². The summed E-state index contributed by atoms with van der Waals surface area (Å²) in [5.41, 5.74) is 1.92. The van der Waals surface area contributed by atoms with Crippen molar-refractivity contribution in [1.29, 1.82) is 0 Å². The van der Waals surface area contributed by atoms with Crippen molar-refractivity contribution in [3.63, 3.8) is 0 Å². The lowest BCUT2D eigenvalue weighted by atomic mass is 10.0. The second-order valence-corrected chi connectivity index (χ2v) is 3.72. The molecule has 0 aromatic heterocycles. The minimum atomic E-state index is -0.336. The van der Waals surface area contributed by atoms with Crippen molar-refractivity contribution >= 4 is 11.6 Å². The summed E-state index contributed by atoms with van der Waals surface area (Å²) in [7, 11) is 0. The van der Waals surface area contributed by atoms with Gasteiger partial charge in [0, 0.05) is 11.4 Å². The smallest absolute Gasteiger partial charge is 0.131 e. The van der Waals surface area contributed by atoms with Crippen LogP contribution < -0.4 is 0 Å². The quantitative estimate of drug-likeness (QED) is 0.682. The summed E-state index contributed by atoms with van der Waals surface area (Å²) in [6.45, 7) is 0. The third-order valence-electron chi connectivity index (χ3n) is 2.34. The van der Waals surface area contributed by atoms with E-state index in [1.807, 2.05) is 0 Å². The molecular weight excluding hydrogens is 230 g/mol. The van der Waals surface area contributed by atoms with E-state index in [0.717, 1.165) is 5.56 Å². The molecule has 2 rings (SSSR count). The van der Waals surface area contributed by atoms with Crippen molar-refractivity contribution in [2.45, 2.75) is 5.88 Å². The SMILES string of the molecule is Fc1ccc(-c2cc(CCl)ccc2F)cc1. The van der Waals surface area contributed by atoms with Crippen LogP contribution in [0.25, 0.3) is 11.1 Å². The van der Waals surface area contributed by atoms with Gasteiger partial charge >= 0.3 is 0 Å². The highest BCUT2D eigenvalue weighted by Gasteiger charge is 2.06. The second-order valence-electron chi connectivity index (χ2n) is 3.45. The van der Waals surface area contributed by atoms with Crippen LogP contribution in [0.3, 0.4) is 0 Å². The predicted molar refractivity (Wildman–Crippen MR) is 61.4 cm³/mol. The van der Waals surface area contributed by atoms with Crippen molar-refractivity contribution in [1.82, 2.24) is 0 Å². The van der Waals surface area contributed by atoms with E-state index in [1.54, 1.807) is 24.3 Å². The van der Waals surface area contributed by atoms with Crippen LogP contribution in [0.2, 0.25) is 0 Å². The standard InChI is InChI=1S/C13H9ClF2/c14-8-9-1-6-13(16)12(7-9)10-2-4-11(15)5-3-10/h1-7H,8H2. The molecule has 0 N–H and O–H groups in total. The zero-order chi connectivity index (χ0) is 11.5. The van der Waals surface area contributed by atoms with E-state index in [9.17, 15) is 8.78 Å². The molecule has 0 aliphatic heterocycles. The van der Waals surface area contributed by atoms with Crippen molar-refractivity contribution < 1.29 is 8.78 Å². The van der Waals surface area contributed by atoms with Gasteiger partial charge in [0.25, 0.3) is 0 Å². The predicted octanol–water partition coefficient (Wildman–Crippen LogP) is 4.37. The number of benzene rings is 2. The van der Waals surface area contributed by atoms with Crippen LogP contribution in [0, 0.1) is 11.6 Å². The molecule has 2 aromatic rings. The molecule has 2 aromatic carbocycles. The number of rotatable bonds is 2. The Bertz CT molecular complexity index is 492. The Morgan fingerprint density at radius 2 is 1.62 bits per heavy atom. The molecule has 0 saturated carbocycles. The summed E-state index contributed by atoms with van der Waals surface area (Å²) in [6.07, 6.45) is 0. The first-order valence-electron chi connectivity index (χ1n) is 4.81. The first-order chi connectivity index (χ1) is 7.70. The molecule has 0 unspecified atom stereocenters. The Morgan fingerprint density at radius 1 is 0.938 bits per heavy atom. The molecular formula is C13H9ClF2. The first kappa shape index (κ1) is 11.1. The van der Waals surface area contributed by atoms with Gasteiger partial charge in [-0.3, -0.25) is 0 Å². The first-order valence-corrected chi connectivity index (χ1v) is 5.34. The van der Waals surface area contributed by atoms with E-state index < -0.39 is 0 Å². The molecule has 0 aliphatic rings. The van der Waals surface area contributed by atoms with Gasteiger partial charge in [-0.1, -0.05) is 18.2 Å². The molecule has 0 saturated heterocycles. The Morgan fingerprint density at radius 3 is 2.25 bits per heavy atom. The maximum atomic E-state index is 13.6. The number of alkyl halides is 1. The fourth-order valence-corrected chi connectivity index (χ4v) is 1.67. The zero-order valence-corrected chi connectivity index (χ0v) is 9.14. The number of halogens is 3. The number of hydrogen-bond donors (Lipinski definition) is 0. The monoisotopic (exact) mass is 238 g/mol. The van der Waals surface area contributed by atoms with Gasteiger partial charge in [-0.25, -0.2) is 8.78 Å². The summed E-state index contributed by atoms with van der Waals surface area (Å²) < 4.78 is 26.3. The van der Waals surface area contributed by atoms with E-state index in [0.29, 0.717) is 17.0 Å². The molecule has 0 aliphatic carbocycles. The Labute approximate surface area is 97.5 Å². The summed E-state index contributed by atoms with van der Waals surface area (Å²) in [5, 5.41) is 0. The molecule has 0 nitrogen and oxygen atoms in total. The van der Waals surface area contributed by atoms with Crippen molar-refractivity contribution in [3.8, 4) is 11.1 Å². The Hall–Kier alpha value is -1.41. The van der Waals surface area contributed by atoms with E-state index in [1.165, 1.54) is 18.2 Å². The van der Waals surface area contributed by atoms with Crippen LogP contribution in [0.5, 0.6) is 0 Å². The van der Waals surface area contributed by atoms with Gasteiger partial charge in [0.05, 0.1) is 0 Å². The summed E-state index contributed by atoms with van der Waals surface area (Å²) in [6, 6.07) is 10.4. The number of hydrogen-bond acceptors (Lipinski definition) is 0. The van der Waals surface area contributed by atoms with Gasteiger partial charge in [-0.05, 0) is 35.4 Å². The maximum absolute atomic E-state index is 13.6. The Kier molecular flexibility index (Phi) is 3.20. The normalized spacial score (nSPS) is 10.4. The van der Waals surface area contributed by atoms with Crippen LogP contribution in [0.4, 0.5) is 8.78 Å². The highest BCUT2D eigenvalue weighted by Crippen LogP contribution is 2.24. The van der Waals surface area contributed by atoms with Gasteiger partial charge in [0.2, 0.25) is 0 Å². The van der Waals surface area contributed by atoms with Gasteiger partial charge in [0.1, 0.15) is 11.6 Å². The van der Waals surface area contributed by atoms with E-state index >= 15 is 0 Å². The topological polar surface area (TPSA) is 0 Å². The van der Waals surface area contributed by atoms with Crippen molar-refractivity contribution in [2.24, 2.45) is 0 Å². The second kappa shape index (κ2) is 4.62. The minimum Gasteiger partial charge on any atom is -0.207 e. The lowest BCUT2D eigenvalue weighted by Gasteiger charge is -2.05. The third-order valence-corrected chi connectivity index (χ3v) is 2.65.